The van der Waals surface area contributed by atoms with Crippen LogP contribution in [0.15, 0.2) is 35.3 Å². The minimum Gasteiger partial charge on any atom is -0.380 e. The third-order valence-corrected chi connectivity index (χ3v) is 4.35. The van der Waals surface area contributed by atoms with Crippen molar-refractivity contribution in [2.45, 2.75) is 31.0 Å². The van der Waals surface area contributed by atoms with Crippen molar-refractivity contribution >= 4 is 17.3 Å². The number of aromatic amines is 1. The van der Waals surface area contributed by atoms with Crippen molar-refractivity contribution in [1.29, 1.82) is 0 Å². The second-order valence-electron chi connectivity index (χ2n) is 5.56. The number of anilines is 1. The number of H-pyrrole nitrogens is 1. The minimum atomic E-state index is -4.33. The molecule has 0 spiro atoms. The summed E-state index contributed by atoms with van der Waals surface area (Å²) in [5.74, 6) is 0.0588. The first-order chi connectivity index (χ1) is 10.8. The molecule has 1 aromatic heterocycles. The summed E-state index contributed by atoms with van der Waals surface area (Å²) < 4.78 is 38.2. The molecule has 0 radical (unpaired) electrons. The molecule has 1 aromatic carbocycles. The summed E-state index contributed by atoms with van der Waals surface area (Å²) >= 11 is 5.87. The monoisotopic (exact) mass is 343 g/mol. The van der Waals surface area contributed by atoms with Crippen molar-refractivity contribution in [1.82, 2.24) is 10.2 Å². The Labute approximate surface area is 134 Å². The van der Waals surface area contributed by atoms with Gasteiger partial charge in [-0.15, -0.1) is 0 Å². The molecule has 0 bridgehead atoms. The van der Waals surface area contributed by atoms with E-state index in [-0.39, 0.29) is 17.0 Å². The van der Waals surface area contributed by atoms with Gasteiger partial charge >= 0.3 is 6.18 Å². The van der Waals surface area contributed by atoms with Gasteiger partial charge in [0.2, 0.25) is 0 Å². The first-order valence-electron chi connectivity index (χ1n) is 7.01. The summed E-state index contributed by atoms with van der Waals surface area (Å²) in [6, 6.07) is 5.45. The van der Waals surface area contributed by atoms with Crippen LogP contribution >= 0.6 is 11.6 Å². The van der Waals surface area contributed by atoms with E-state index in [4.69, 9.17) is 11.6 Å². The highest BCUT2D eigenvalue weighted by atomic mass is 35.5. The van der Waals surface area contributed by atoms with Gasteiger partial charge in [0.05, 0.1) is 17.4 Å². The number of hydrogen-bond acceptors (Lipinski definition) is 3. The van der Waals surface area contributed by atoms with Crippen molar-refractivity contribution in [2.75, 3.05) is 5.32 Å². The molecule has 1 aliphatic rings. The van der Waals surface area contributed by atoms with Crippen molar-refractivity contribution in [3.8, 4) is 0 Å². The highest BCUT2D eigenvalue weighted by Crippen LogP contribution is 2.40. The average Bonchev–Trinajstić information content (AvgIpc) is 2.46. The van der Waals surface area contributed by atoms with Crippen molar-refractivity contribution in [3.63, 3.8) is 0 Å². The zero-order valence-electron chi connectivity index (χ0n) is 11.8. The number of hydrogen-bond donors (Lipinski definition) is 2. The molecule has 2 N–H and O–H groups in total. The van der Waals surface area contributed by atoms with Crippen molar-refractivity contribution < 1.29 is 13.2 Å². The second kappa shape index (κ2) is 5.88. The summed E-state index contributed by atoms with van der Waals surface area (Å²) in [4.78, 5) is 11.3. The van der Waals surface area contributed by atoms with Gasteiger partial charge < -0.3 is 5.32 Å². The average molecular weight is 344 g/mol. The predicted octanol–water partition coefficient (Wildman–Crippen LogP) is 3.80. The lowest BCUT2D eigenvalue weighted by molar-refractivity contribution is -0.137. The number of benzene rings is 1. The Hall–Kier alpha value is -2.02. The van der Waals surface area contributed by atoms with E-state index in [1.54, 1.807) is 6.07 Å². The van der Waals surface area contributed by atoms with E-state index in [0.29, 0.717) is 24.1 Å². The molecule has 8 heteroatoms. The van der Waals surface area contributed by atoms with Crippen LogP contribution in [-0.2, 0) is 6.18 Å². The van der Waals surface area contributed by atoms with E-state index < -0.39 is 17.3 Å². The molecule has 0 amide bonds. The highest BCUT2D eigenvalue weighted by molar-refractivity contribution is 6.32. The fourth-order valence-electron chi connectivity index (χ4n) is 2.68. The standard InChI is InChI=1S/C15H13ClF3N3O/c16-13-12(7-20-22-14(13)23)21-11-5-9(6-11)8-2-1-3-10(4-8)15(17,18)19/h1-4,7,9,11H,5-6H2,(H2,21,22,23). The van der Waals surface area contributed by atoms with Gasteiger partial charge in [-0.05, 0) is 30.4 Å². The Morgan fingerprint density at radius 3 is 2.74 bits per heavy atom. The number of halogens is 4. The van der Waals surface area contributed by atoms with Crippen LogP contribution < -0.4 is 10.9 Å². The number of nitrogens with one attached hydrogen (secondary N) is 2. The van der Waals surface area contributed by atoms with Gasteiger partial charge in [0, 0.05) is 6.04 Å². The number of aromatic nitrogens is 2. The molecule has 1 fully saturated rings. The zero-order chi connectivity index (χ0) is 16.6. The molecule has 122 valence electrons. The molecule has 4 nitrogen and oxygen atoms in total. The van der Waals surface area contributed by atoms with E-state index in [2.05, 4.69) is 15.5 Å². The Morgan fingerprint density at radius 2 is 2.04 bits per heavy atom. The van der Waals surface area contributed by atoms with E-state index in [0.717, 1.165) is 6.07 Å². The zero-order valence-corrected chi connectivity index (χ0v) is 12.6. The van der Waals surface area contributed by atoms with Gasteiger partial charge in [0.15, 0.2) is 0 Å². The van der Waals surface area contributed by atoms with Crippen molar-refractivity contribution in [2.24, 2.45) is 0 Å². The molecule has 1 heterocycles. The summed E-state index contributed by atoms with van der Waals surface area (Å²) in [6.45, 7) is 0. The molecule has 0 saturated heterocycles. The summed E-state index contributed by atoms with van der Waals surface area (Å²) in [5.41, 5.74) is -0.00502. The normalized spacial score (nSPS) is 20.9. The van der Waals surface area contributed by atoms with E-state index in [9.17, 15) is 18.0 Å². The third-order valence-electron chi connectivity index (χ3n) is 3.98. The smallest absolute Gasteiger partial charge is 0.380 e. The van der Waals surface area contributed by atoms with Crippen LogP contribution in [0.5, 0.6) is 0 Å². The maximum atomic E-state index is 12.7. The molecular weight excluding hydrogens is 331 g/mol. The number of rotatable bonds is 3. The fraction of sp³-hybridized carbons (Fsp3) is 0.333. The fourth-order valence-corrected chi connectivity index (χ4v) is 2.83. The third kappa shape index (κ3) is 3.34. The molecule has 0 unspecified atom stereocenters. The SMILES string of the molecule is O=c1[nH]ncc(NC2CC(c3cccc(C(F)(F)F)c3)C2)c1Cl. The lowest BCUT2D eigenvalue weighted by Gasteiger charge is -2.37. The number of nitrogens with zero attached hydrogens (tertiary/aromatic N) is 1. The molecule has 1 aliphatic carbocycles. The van der Waals surface area contributed by atoms with Crippen LogP contribution in [0.2, 0.25) is 5.02 Å². The van der Waals surface area contributed by atoms with E-state index in [1.165, 1.54) is 18.3 Å². The van der Waals surface area contributed by atoms with Gasteiger partial charge in [-0.25, -0.2) is 5.10 Å². The lowest BCUT2D eigenvalue weighted by Crippen LogP contribution is -2.34. The van der Waals surface area contributed by atoms with Crippen LogP contribution in [0.1, 0.15) is 29.9 Å². The summed E-state index contributed by atoms with van der Waals surface area (Å²) in [7, 11) is 0. The molecule has 0 aliphatic heterocycles. The maximum Gasteiger partial charge on any atom is 0.416 e. The Kier molecular flexibility index (Phi) is 4.06. The summed E-state index contributed by atoms with van der Waals surface area (Å²) in [6.07, 6.45) is -1.57. The molecule has 23 heavy (non-hydrogen) atoms. The summed E-state index contributed by atoms with van der Waals surface area (Å²) in [5, 5.41) is 9.01. The van der Waals surface area contributed by atoms with Crippen LogP contribution in [0, 0.1) is 0 Å². The van der Waals surface area contributed by atoms with E-state index >= 15 is 0 Å². The molecule has 2 aromatic rings. The Bertz CT molecular complexity index is 769. The largest absolute Gasteiger partial charge is 0.416 e. The quantitative estimate of drug-likeness (QED) is 0.891. The Balaban J connectivity index is 1.65. The predicted molar refractivity (Wildman–Crippen MR) is 80.7 cm³/mol. The van der Waals surface area contributed by atoms with Gasteiger partial charge in [-0.3, -0.25) is 4.79 Å². The van der Waals surface area contributed by atoms with Crippen LogP contribution in [0.25, 0.3) is 0 Å². The molecule has 1 saturated carbocycles. The topological polar surface area (TPSA) is 57.8 Å². The van der Waals surface area contributed by atoms with Crippen LogP contribution in [0.3, 0.4) is 0 Å². The maximum absolute atomic E-state index is 12.7. The van der Waals surface area contributed by atoms with Crippen LogP contribution in [-0.4, -0.2) is 16.2 Å². The highest BCUT2D eigenvalue weighted by Gasteiger charge is 2.34. The lowest BCUT2D eigenvalue weighted by atomic mass is 9.75. The first-order valence-corrected chi connectivity index (χ1v) is 7.39. The van der Waals surface area contributed by atoms with Crippen molar-refractivity contribution in [3.05, 3.63) is 57.0 Å². The molecular formula is C15H13ClF3N3O. The van der Waals surface area contributed by atoms with Crippen LogP contribution in [0.4, 0.5) is 18.9 Å². The first kappa shape index (κ1) is 15.9. The Morgan fingerprint density at radius 1 is 1.30 bits per heavy atom. The van der Waals surface area contributed by atoms with Gasteiger partial charge in [0.25, 0.3) is 5.56 Å². The second-order valence-corrected chi connectivity index (χ2v) is 5.94. The molecule has 0 atom stereocenters. The minimum absolute atomic E-state index is 0.0301. The van der Waals surface area contributed by atoms with Gasteiger partial charge in [-0.2, -0.15) is 18.3 Å². The number of alkyl halides is 3. The van der Waals surface area contributed by atoms with Gasteiger partial charge in [0.1, 0.15) is 5.02 Å². The van der Waals surface area contributed by atoms with E-state index in [1.807, 2.05) is 0 Å². The molecule has 3 rings (SSSR count). The van der Waals surface area contributed by atoms with Gasteiger partial charge in [-0.1, -0.05) is 29.8 Å².